The van der Waals surface area contributed by atoms with Gasteiger partial charge in [0.25, 0.3) is 0 Å². The van der Waals surface area contributed by atoms with Crippen LogP contribution in [0.15, 0.2) is 24.3 Å². The first-order chi connectivity index (χ1) is 8.21. The normalized spacial score (nSPS) is 11.9. The number of hydrogen-bond donors (Lipinski definition) is 1. The van der Waals surface area contributed by atoms with Crippen molar-refractivity contribution in [3.05, 3.63) is 29.8 Å². The van der Waals surface area contributed by atoms with Crippen molar-refractivity contribution >= 4 is 11.7 Å². The van der Waals surface area contributed by atoms with Crippen molar-refractivity contribution in [3.8, 4) is 0 Å². The van der Waals surface area contributed by atoms with E-state index in [0.29, 0.717) is 13.0 Å². The van der Waals surface area contributed by atoms with Crippen molar-refractivity contribution in [3.63, 3.8) is 0 Å². The van der Waals surface area contributed by atoms with E-state index < -0.39 is 0 Å². The summed E-state index contributed by atoms with van der Waals surface area (Å²) in [5.74, 6) is -0.186. The molecule has 0 aliphatic heterocycles. The van der Waals surface area contributed by atoms with Crippen molar-refractivity contribution in [1.82, 2.24) is 0 Å². The van der Waals surface area contributed by atoms with E-state index in [4.69, 9.17) is 4.74 Å². The van der Waals surface area contributed by atoms with Gasteiger partial charge in [-0.25, -0.2) is 4.79 Å². The third-order valence-corrected chi connectivity index (χ3v) is 2.68. The Morgan fingerprint density at radius 3 is 2.35 bits per heavy atom. The molecule has 0 bridgehead atoms. The molecular formula is C14H21NO2. The number of carbonyl (C=O) groups is 1. The number of ether oxygens (including phenoxy) is 1. The average Bonchev–Trinajstić information content (AvgIpc) is 2.37. The molecule has 0 amide bonds. The van der Waals surface area contributed by atoms with Crippen LogP contribution in [0, 0.1) is 0 Å². The zero-order chi connectivity index (χ0) is 12.7. The number of hydrogen-bond acceptors (Lipinski definition) is 3. The quantitative estimate of drug-likeness (QED) is 0.770. The largest absolute Gasteiger partial charge is 0.464 e. The summed E-state index contributed by atoms with van der Waals surface area (Å²) in [6.07, 6.45) is 1.74. The molecule has 0 aliphatic rings. The van der Waals surface area contributed by atoms with E-state index >= 15 is 0 Å². The van der Waals surface area contributed by atoms with Crippen LogP contribution in [-0.2, 0) is 16.0 Å². The molecular weight excluding hydrogens is 214 g/mol. The second-order valence-corrected chi connectivity index (χ2v) is 3.91. The minimum Gasteiger partial charge on any atom is -0.464 e. The van der Waals surface area contributed by atoms with Gasteiger partial charge in [-0.2, -0.15) is 0 Å². The molecule has 1 N–H and O–H groups in total. The number of benzene rings is 1. The second kappa shape index (κ2) is 6.94. The fourth-order valence-corrected chi connectivity index (χ4v) is 1.61. The molecule has 1 rings (SSSR count). The highest BCUT2D eigenvalue weighted by Gasteiger charge is 2.16. The Hall–Kier alpha value is -1.51. The minimum absolute atomic E-state index is 0.186. The van der Waals surface area contributed by atoms with E-state index in [9.17, 15) is 4.79 Å². The van der Waals surface area contributed by atoms with E-state index in [1.165, 1.54) is 5.56 Å². The highest BCUT2D eigenvalue weighted by Crippen LogP contribution is 2.12. The Balaban J connectivity index is 2.63. The van der Waals surface area contributed by atoms with Crippen molar-refractivity contribution < 1.29 is 9.53 Å². The highest BCUT2D eigenvalue weighted by atomic mass is 16.5. The van der Waals surface area contributed by atoms with Gasteiger partial charge in [-0.3, -0.25) is 0 Å². The first kappa shape index (κ1) is 13.6. The highest BCUT2D eigenvalue weighted by molar-refractivity contribution is 5.79. The maximum atomic E-state index is 11.6. The number of nitrogens with one attached hydrogen (secondary N) is 1. The first-order valence-electron chi connectivity index (χ1n) is 6.23. The second-order valence-electron chi connectivity index (χ2n) is 3.91. The van der Waals surface area contributed by atoms with Gasteiger partial charge in [0.05, 0.1) is 6.61 Å². The van der Waals surface area contributed by atoms with Crippen molar-refractivity contribution in [2.24, 2.45) is 0 Å². The molecule has 0 fully saturated rings. The molecule has 1 atom stereocenters. The van der Waals surface area contributed by atoms with E-state index in [2.05, 4.69) is 24.4 Å². The number of carbonyl (C=O) groups excluding carboxylic acids is 1. The summed E-state index contributed by atoms with van der Waals surface area (Å²) >= 11 is 0. The van der Waals surface area contributed by atoms with Crippen LogP contribution in [0.1, 0.15) is 32.8 Å². The molecule has 94 valence electrons. The lowest BCUT2D eigenvalue weighted by molar-refractivity contribution is -0.144. The van der Waals surface area contributed by atoms with Gasteiger partial charge >= 0.3 is 5.97 Å². The first-order valence-corrected chi connectivity index (χ1v) is 6.23. The topological polar surface area (TPSA) is 38.3 Å². The number of rotatable bonds is 6. The summed E-state index contributed by atoms with van der Waals surface area (Å²) < 4.78 is 5.01. The van der Waals surface area contributed by atoms with Gasteiger partial charge < -0.3 is 10.1 Å². The van der Waals surface area contributed by atoms with E-state index in [0.717, 1.165) is 12.1 Å². The molecule has 3 heteroatoms. The molecule has 0 saturated heterocycles. The van der Waals surface area contributed by atoms with Gasteiger partial charge in [-0.05, 0) is 37.5 Å². The average molecular weight is 235 g/mol. The van der Waals surface area contributed by atoms with Gasteiger partial charge in [0.2, 0.25) is 0 Å². The number of esters is 1. The van der Waals surface area contributed by atoms with Crippen molar-refractivity contribution in [2.75, 3.05) is 11.9 Å². The maximum Gasteiger partial charge on any atom is 0.328 e. The summed E-state index contributed by atoms with van der Waals surface area (Å²) in [6, 6.07) is 7.88. The van der Waals surface area contributed by atoms with Crippen LogP contribution in [0.25, 0.3) is 0 Å². The SMILES string of the molecule is CCOC(=O)C(CC)Nc1ccc(CC)cc1. The summed E-state index contributed by atoms with van der Waals surface area (Å²) in [6.45, 7) is 6.33. The third-order valence-electron chi connectivity index (χ3n) is 2.68. The van der Waals surface area contributed by atoms with Gasteiger partial charge in [-0.15, -0.1) is 0 Å². The molecule has 0 aliphatic carbocycles. The molecule has 1 aromatic carbocycles. The lowest BCUT2D eigenvalue weighted by atomic mass is 10.1. The van der Waals surface area contributed by atoms with Gasteiger partial charge in [0.1, 0.15) is 6.04 Å². The maximum absolute atomic E-state index is 11.6. The molecule has 1 unspecified atom stereocenters. The van der Waals surface area contributed by atoms with Crippen LogP contribution in [0.2, 0.25) is 0 Å². The summed E-state index contributed by atoms with van der Waals surface area (Å²) in [5.41, 5.74) is 2.25. The third kappa shape index (κ3) is 4.10. The zero-order valence-electron chi connectivity index (χ0n) is 10.8. The van der Waals surface area contributed by atoms with Crippen LogP contribution in [0.4, 0.5) is 5.69 Å². The molecule has 3 nitrogen and oxygen atoms in total. The predicted molar refractivity (Wildman–Crippen MR) is 70.2 cm³/mol. The van der Waals surface area contributed by atoms with Crippen LogP contribution >= 0.6 is 0 Å². The van der Waals surface area contributed by atoms with Crippen LogP contribution in [0.5, 0.6) is 0 Å². The smallest absolute Gasteiger partial charge is 0.328 e. The van der Waals surface area contributed by atoms with E-state index in [1.807, 2.05) is 26.0 Å². The Bertz CT molecular complexity index is 346. The predicted octanol–water partition coefficient (Wildman–Crippen LogP) is 3.00. The van der Waals surface area contributed by atoms with Gasteiger partial charge in [-0.1, -0.05) is 26.0 Å². The minimum atomic E-state index is -0.262. The molecule has 0 saturated carbocycles. The summed E-state index contributed by atoms with van der Waals surface area (Å²) in [4.78, 5) is 11.6. The molecule has 0 spiro atoms. The van der Waals surface area contributed by atoms with E-state index in [1.54, 1.807) is 0 Å². The fraction of sp³-hybridized carbons (Fsp3) is 0.500. The van der Waals surface area contributed by atoms with E-state index in [-0.39, 0.29) is 12.0 Å². The van der Waals surface area contributed by atoms with Crippen LogP contribution in [0.3, 0.4) is 0 Å². The summed E-state index contributed by atoms with van der Waals surface area (Å²) in [5, 5.41) is 3.19. The van der Waals surface area contributed by atoms with Crippen molar-refractivity contribution in [2.45, 2.75) is 39.7 Å². The molecule has 0 radical (unpaired) electrons. The van der Waals surface area contributed by atoms with Crippen molar-refractivity contribution in [1.29, 1.82) is 0 Å². The molecule has 1 aromatic rings. The van der Waals surface area contributed by atoms with Gasteiger partial charge in [0.15, 0.2) is 0 Å². The molecule has 0 aromatic heterocycles. The summed E-state index contributed by atoms with van der Waals surface area (Å²) in [7, 11) is 0. The standard InChI is InChI=1S/C14H21NO2/c1-4-11-7-9-12(10-8-11)15-13(5-2)14(16)17-6-3/h7-10,13,15H,4-6H2,1-3H3. The Morgan fingerprint density at radius 2 is 1.88 bits per heavy atom. The Labute approximate surface area is 103 Å². The Morgan fingerprint density at radius 1 is 1.24 bits per heavy atom. The molecule has 17 heavy (non-hydrogen) atoms. The fourth-order valence-electron chi connectivity index (χ4n) is 1.61. The van der Waals surface area contributed by atoms with Crippen LogP contribution < -0.4 is 5.32 Å². The monoisotopic (exact) mass is 235 g/mol. The Kier molecular flexibility index (Phi) is 5.53. The van der Waals surface area contributed by atoms with Crippen LogP contribution in [-0.4, -0.2) is 18.6 Å². The lowest BCUT2D eigenvalue weighted by Crippen LogP contribution is -2.30. The van der Waals surface area contributed by atoms with Gasteiger partial charge in [0, 0.05) is 5.69 Å². The zero-order valence-corrected chi connectivity index (χ0v) is 10.8. The lowest BCUT2D eigenvalue weighted by Gasteiger charge is -2.16. The number of anilines is 1. The number of aryl methyl sites for hydroxylation is 1. The molecule has 0 heterocycles.